The third-order valence-electron chi connectivity index (χ3n) is 4.34. The van der Waals surface area contributed by atoms with E-state index in [4.69, 9.17) is 4.42 Å². The summed E-state index contributed by atoms with van der Waals surface area (Å²) in [6.45, 7) is 8.04. The van der Waals surface area contributed by atoms with Gasteiger partial charge in [0.2, 0.25) is 0 Å². The van der Waals surface area contributed by atoms with Crippen LogP contribution in [0, 0.1) is 13.8 Å². The molecule has 134 valence electrons. The van der Waals surface area contributed by atoms with E-state index in [1.165, 1.54) is 11.1 Å². The highest BCUT2D eigenvalue weighted by Gasteiger charge is 2.05. The minimum absolute atomic E-state index is 0.227. The zero-order valence-corrected chi connectivity index (χ0v) is 15.6. The Morgan fingerprint density at radius 1 is 1.00 bits per heavy atom. The van der Waals surface area contributed by atoms with Crippen LogP contribution >= 0.6 is 0 Å². The number of furan rings is 1. The molecule has 1 heterocycles. The second kappa shape index (κ2) is 8.61. The molecule has 0 aliphatic heterocycles. The highest BCUT2D eigenvalue weighted by molar-refractivity contribution is 5.45. The van der Waals surface area contributed by atoms with E-state index in [0.717, 1.165) is 36.1 Å². The smallest absolute Gasteiger partial charge is 0.119 e. The van der Waals surface area contributed by atoms with Crippen LogP contribution in [0.15, 0.2) is 52.2 Å². The lowest BCUT2D eigenvalue weighted by atomic mass is 10.0. The van der Waals surface area contributed by atoms with Crippen molar-refractivity contribution in [2.24, 2.45) is 0 Å². The molecule has 0 fully saturated rings. The van der Waals surface area contributed by atoms with E-state index in [1.54, 1.807) is 25.3 Å². The Balaban J connectivity index is 1.85. The molecule has 1 aromatic carbocycles. The Labute approximate surface area is 150 Å². The minimum atomic E-state index is 0.227. The lowest BCUT2D eigenvalue weighted by Gasteiger charge is -2.06. The van der Waals surface area contributed by atoms with Gasteiger partial charge in [-0.05, 0) is 76.3 Å². The summed E-state index contributed by atoms with van der Waals surface area (Å²) < 4.78 is 5.48. The first-order chi connectivity index (χ1) is 11.8. The summed E-state index contributed by atoms with van der Waals surface area (Å²) in [5, 5.41) is 19.7. The molecule has 0 aliphatic carbocycles. The molecule has 0 unspecified atom stereocenters. The van der Waals surface area contributed by atoms with Gasteiger partial charge in [-0.25, -0.2) is 0 Å². The Morgan fingerprint density at radius 3 is 2.44 bits per heavy atom. The zero-order chi connectivity index (χ0) is 18.4. The highest BCUT2D eigenvalue weighted by atomic mass is 16.3. The van der Waals surface area contributed by atoms with Gasteiger partial charge < -0.3 is 14.6 Å². The molecular formula is C22H28O3. The van der Waals surface area contributed by atoms with Crippen LogP contribution in [-0.2, 0) is 12.8 Å². The molecule has 2 rings (SSSR count). The first-order valence-electron chi connectivity index (χ1n) is 8.72. The number of phenols is 2. The SMILES string of the molecule is CC(=CCc1cc(O)c(C)cc1O)CCC=C(C)Cc1cc(C)co1. The van der Waals surface area contributed by atoms with Gasteiger partial charge in [0, 0.05) is 12.0 Å². The van der Waals surface area contributed by atoms with E-state index in [-0.39, 0.29) is 11.5 Å². The molecule has 3 heteroatoms. The van der Waals surface area contributed by atoms with Crippen molar-refractivity contribution in [2.75, 3.05) is 0 Å². The van der Waals surface area contributed by atoms with Crippen molar-refractivity contribution in [3.05, 3.63) is 70.2 Å². The number of hydrogen-bond donors (Lipinski definition) is 2. The number of benzene rings is 1. The lowest BCUT2D eigenvalue weighted by molar-refractivity contribution is 0.452. The van der Waals surface area contributed by atoms with Crippen molar-refractivity contribution in [1.82, 2.24) is 0 Å². The predicted molar refractivity (Wildman–Crippen MR) is 102 cm³/mol. The molecule has 1 aromatic heterocycles. The summed E-state index contributed by atoms with van der Waals surface area (Å²) in [5.41, 5.74) is 5.18. The topological polar surface area (TPSA) is 53.6 Å². The third-order valence-corrected chi connectivity index (χ3v) is 4.34. The number of aromatic hydroxyl groups is 2. The molecule has 2 N–H and O–H groups in total. The minimum Gasteiger partial charge on any atom is -0.508 e. The molecule has 0 amide bonds. The normalized spacial score (nSPS) is 12.6. The monoisotopic (exact) mass is 340 g/mol. The molecular weight excluding hydrogens is 312 g/mol. The molecule has 0 atom stereocenters. The van der Waals surface area contributed by atoms with Gasteiger partial charge in [0.15, 0.2) is 0 Å². The summed E-state index contributed by atoms with van der Waals surface area (Å²) in [6.07, 6.45) is 9.60. The maximum atomic E-state index is 9.96. The van der Waals surface area contributed by atoms with E-state index in [1.807, 2.05) is 6.92 Å². The van der Waals surface area contributed by atoms with Crippen LogP contribution in [0.5, 0.6) is 11.5 Å². The third kappa shape index (κ3) is 5.86. The molecule has 0 saturated carbocycles. The predicted octanol–water partition coefficient (Wildman–Crippen LogP) is 5.77. The average Bonchev–Trinajstić information content (AvgIpc) is 2.94. The van der Waals surface area contributed by atoms with Gasteiger partial charge in [0.1, 0.15) is 17.3 Å². The second-order valence-electron chi connectivity index (χ2n) is 6.88. The number of allylic oxidation sites excluding steroid dienone is 4. The highest BCUT2D eigenvalue weighted by Crippen LogP contribution is 2.27. The second-order valence-corrected chi connectivity index (χ2v) is 6.88. The van der Waals surface area contributed by atoms with Crippen LogP contribution in [-0.4, -0.2) is 10.2 Å². The summed E-state index contributed by atoms with van der Waals surface area (Å²) in [5.74, 6) is 1.47. The molecule has 0 aliphatic rings. The van der Waals surface area contributed by atoms with Crippen molar-refractivity contribution in [1.29, 1.82) is 0 Å². The summed E-state index contributed by atoms with van der Waals surface area (Å²) in [7, 11) is 0. The quantitative estimate of drug-likeness (QED) is 0.497. The van der Waals surface area contributed by atoms with Crippen LogP contribution in [0.3, 0.4) is 0 Å². The first-order valence-corrected chi connectivity index (χ1v) is 8.72. The van der Waals surface area contributed by atoms with Crippen LogP contribution in [0.4, 0.5) is 0 Å². The number of phenolic OH excluding ortho intramolecular Hbond substituents is 2. The fraction of sp³-hybridized carbons (Fsp3) is 0.364. The fourth-order valence-electron chi connectivity index (χ4n) is 2.75. The number of aryl methyl sites for hydroxylation is 2. The van der Waals surface area contributed by atoms with Crippen LogP contribution in [0.2, 0.25) is 0 Å². The maximum Gasteiger partial charge on any atom is 0.119 e. The molecule has 0 saturated heterocycles. The summed E-state index contributed by atoms with van der Waals surface area (Å²) in [4.78, 5) is 0. The van der Waals surface area contributed by atoms with Gasteiger partial charge in [-0.3, -0.25) is 0 Å². The zero-order valence-electron chi connectivity index (χ0n) is 15.6. The van der Waals surface area contributed by atoms with E-state index < -0.39 is 0 Å². The lowest BCUT2D eigenvalue weighted by Crippen LogP contribution is -1.88. The molecule has 0 bridgehead atoms. The Hall–Kier alpha value is -2.42. The molecule has 3 nitrogen and oxygen atoms in total. The Kier molecular flexibility index (Phi) is 6.51. The van der Waals surface area contributed by atoms with Crippen molar-refractivity contribution in [3.63, 3.8) is 0 Å². The Morgan fingerprint density at radius 2 is 1.76 bits per heavy atom. The fourth-order valence-corrected chi connectivity index (χ4v) is 2.75. The van der Waals surface area contributed by atoms with Crippen LogP contribution in [0.25, 0.3) is 0 Å². The average molecular weight is 340 g/mol. The summed E-state index contributed by atoms with van der Waals surface area (Å²) in [6, 6.07) is 5.33. The summed E-state index contributed by atoms with van der Waals surface area (Å²) >= 11 is 0. The van der Waals surface area contributed by atoms with Crippen LogP contribution in [0.1, 0.15) is 49.1 Å². The Bertz CT molecular complexity index is 779. The number of hydrogen-bond acceptors (Lipinski definition) is 3. The largest absolute Gasteiger partial charge is 0.508 e. The molecule has 25 heavy (non-hydrogen) atoms. The van der Waals surface area contributed by atoms with Crippen molar-refractivity contribution in [2.45, 2.75) is 53.4 Å². The van der Waals surface area contributed by atoms with Crippen LogP contribution < -0.4 is 0 Å². The van der Waals surface area contributed by atoms with Gasteiger partial charge >= 0.3 is 0 Å². The van der Waals surface area contributed by atoms with E-state index in [9.17, 15) is 10.2 Å². The van der Waals surface area contributed by atoms with Gasteiger partial charge in [0.25, 0.3) is 0 Å². The maximum absolute atomic E-state index is 9.96. The van der Waals surface area contributed by atoms with Gasteiger partial charge in [-0.15, -0.1) is 0 Å². The molecule has 0 radical (unpaired) electrons. The standard InChI is InChI=1S/C22H28O3/c1-15(8-9-19-13-21(23)18(4)12-22(19)24)6-5-7-16(2)10-20-11-17(3)14-25-20/h7-8,11-14,23-24H,5-6,9-10H2,1-4H3. The van der Waals surface area contributed by atoms with Gasteiger partial charge in [0.05, 0.1) is 6.26 Å². The van der Waals surface area contributed by atoms with Crippen molar-refractivity contribution < 1.29 is 14.6 Å². The first kappa shape index (κ1) is 18.9. The van der Waals surface area contributed by atoms with Crippen molar-refractivity contribution >= 4 is 0 Å². The van der Waals surface area contributed by atoms with E-state index >= 15 is 0 Å². The van der Waals surface area contributed by atoms with E-state index in [0.29, 0.717) is 12.0 Å². The number of rotatable bonds is 7. The van der Waals surface area contributed by atoms with E-state index in [2.05, 4.69) is 32.1 Å². The van der Waals surface area contributed by atoms with Gasteiger partial charge in [-0.1, -0.05) is 23.3 Å². The van der Waals surface area contributed by atoms with Crippen molar-refractivity contribution in [3.8, 4) is 11.5 Å². The van der Waals surface area contributed by atoms with Gasteiger partial charge in [-0.2, -0.15) is 0 Å². The molecule has 0 spiro atoms. The molecule has 2 aromatic rings.